The minimum absolute atomic E-state index is 0.257. The standard InChI is InChI=1S/C24H24N2O5S/c1-5-12-30-18-9-7-6-8-17(18)21-20(23(28)29-4)15(3)25-24-26(21)22(27)19(32-24)13-16-11-10-14(2)31-16/h6-11,13,21H,5,12H2,1-4H3/b19-13-/t21-/m0/s1. The van der Waals surface area contributed by atoms with Crippen molar-refractivity contribution in [3.8, 4) is 5.75 Å². The molecule has 0 amide bonds. The molecule has 0 saturated heterocycles. The first-order chi connectivity index (χ1) is 15.4. The van der Waals surface area contributed by atoms with Crippen LogP contribution in [0.4, 0.5) is 0 Å². The van der Waals surface area contributed by atoms with E-state index in [1.165, 1.54) is 18.4 Å². The summed E-state index contributed by atoms with van der Waals surface area (Å²) in [5.41, 5.74) is 1.27. The van der Waals surface area contributed by atoms with E-state index in [0.717, 1.165) is 12.2 Å². The largest absolute Gasteiger partial charge is 0.493 e. The number of para-hydroxylation sites is 1. The Balaban J connectivity index is 1.98. The fraction of sp³-hybridized carbons (Fsp3) is 0.292. The molecule has 3 aromatic rings. The van der Waals surface area contributed by atoms with Crippen molar-refractivity contribution in [1.82, 2.24) is 4.57 Å². The molecule has 4 rings (SSSR count). The van der Waals surface area contributed by atoms with E-state index in [9.17, 15) is 9.59 Å². The first-order valence-electron chi connectivity index (χ1n) is 10.3. The number of furan rings is 1. The van der Waals surface area contributed by atoms with Crippen molar-refractivity contribution in [3.05, 3.63) is 84.4 Å². The van der Waals surface area contributed by atoms with Gasteiger partial charge in [0.15, 0.2) is 4.80 Å². The van der Waals surface area contributed by atoms with Crippen molar-refractivity contribution >= 4 is 23.4 Å². The number of fused-ring (bicyclic) bond motifs is 1. The molecule has 0 N–H and O–H groups in total. The summed E-state index contributed by atoms with van der Waals surface area (Å²) in [7, 11) is 1.32. The quantitative estimate of drug-likeness (QED) is 0.537. The summed E-state index contributed by atoms with van der Waals surface area (Å²) in [6, 6.07) is 10.4. The van der Waals surface area contributed by atoms with E-state index in [1.54, 1.807) is 17.6 Å². The highest BCUT2D eigenvalue weighted by Crippen LogP contribution is 2.35. The molecule has 0 saturated carbocycles. The molecule has 166 valence electrons. The molecule has 1 aliphatic heterocycles. The van der Waals surface area contributed by atoms with Crippen molar-refractivity contribution in [2.75, 3.05) is 13.7 Å². The van der Waals surface area contributed by atoms with Crippen LogP contribution in [0.25, 0.3) is 6.08 Å². The van der Waals surface area contributed by atoms with Gasteiger partial charge in [-0.25, -0.2) is 9.79 Å². The molecule has 3 heterocycles. The van der Waals surface area contributed by atoms with Crippen LogP contribution in [0, 0.1) is 6.92 Å². The van der Waals surface area contributed by atoms with E-state index in [-0.39, 0.29) is 5.56 Å². The third kappa shape index (κ3) is 3.93. The van der Waals surface area contributed by atoms with Crippen LogP contribution in [-0.4, -0.2) is 24.3 Å². The number of allylic oxidation sites excluding steroid dienone is 1. The van der Waals surface area contributed by atoms with Crippen LogP contribution in [0.5, 0.6) is 5.75 Å². The molecule has 7 nitrogen and oxygen atoms in total. The third-order valence-corrected chi connectivity index (χ3v) is 6.12. The molecular weight excluding hydrogens is 428 g/mol. The normalized spacial score (nSPS) is 16.0. The van der Waals surface area contributed by atoms with Crippen molar-refractivity contribution in [2.45, 2.75) is 33.2 Å². The number of rotatable bonds is 6. The number of carbonyl (C=O) groups excluding carboxylic acids is 1. The molecule has 0 spiro atoms. The van der Waals surface area contributed by atoms with E-state index < -0.39 is 12.0 Å². The van der Waals surface area contributed by atoms with Gasteiger partial charge in [0, 0.05) is 11.6 Å². The van der Waals surface area contributed by atoms with Crippen LogP contribution in [0.2, 0.25) is 0 Å². The summed E-state index contributed by atoms with van der Waals surface area (Å²) in [5, 5.41) is 0. The number of methoxy groups -OCH3 is 1. The highest BCUT2D eigenvalue weighted by molar-refractivity contribution is 7.07. The number of ether oxygens (including phenoxy) is 2. The van der Waals surface area contributed by atoms with Gasteiger partial charge in [-0.3, -0.25) is 9.36 Å². The first-order valence-corrected chi connectivity index (χ1v) is 11.1. The summed E-state index contributed by atoms with van der Waals surface area (Å²) < 4.78 is 18.6. The maximum atomic E-state index is 13.5. The molecule has 2 aromatic heterocycles. The Morgan fingerprint density at radius 3 is 2.72 bits per heavy atom. The van der Waals surface area contributed by atoms with Crippen molar-refractivity contribution in [2.24, 2.45) is 4.99 Å². The second-order valence-corrected chi connectivity index (χ2v) is 8.42. The molecule has 1 atom stereocenters. The number of esters is 1. The Hall–Kier alpha value is -3.39. The Kier molecular flexibility index (Phi) is 6.14. The molecule has 0 bridgehead atoms. The lowest BCUT2D eigenvalue weighted by atomic mass is 9.95. The molecule has 0 aliphatic carbocycles. The van der Waals surface area contributed by atoms with Gasteiger partial charge in [-0.2, -0.15) is 0 Å². The van der Waals surface area contributed by atoms with E-state index in [4.69, 9.17) is 13.9 Å². The Labute approximate surface area is 188 Å². The Morgan fingerprint density at radius 2 is 2.03 bits per heavy atom. The van der Waals surface area contributed by atoms with Crippen LogP contribution < -0.4 is 19.6 Å². The number of carbonyl (C=O) groups is 1. The summed E-state index contributed by atoms with van der Waals surface area (Å²) in [6.07, 6.45) is 2.53. The lowest BCUT2D eigenvalue weighted by Gasteiger charge is -2.26. The van der Waals surface area contributed by atoms with Crippen molar-refractivity contribution < 1.29 is 18.7 Å². The van der Waals surface area contributed by atoms with Crippen LogP contribution >= 0.6 is 11.3 Å². The van der Waals surface area contributed by atoms with Gasteiger partial charge in [-0.1, -0.05) is 36.5 Å². The fourth-order valence-electron chi connectivity index (χ4n) is 3.70. The molecule has 8 heteroatoms. The van der Waals surface area contributed by atoms with Crippen LogP contribution in [0.3, 0.4) is 0 Å². The van der Waals surface area contributed by atoms with Crippen LogP contribution in [0.1, 0.15) is 43.4 Å². The van der Waals surface area contributed by atoms with Gasteiger partial charge in [0.25, 0.3) is 5.56 Å². The predicted octanol–water partition coefficient (Wildman–Crippen LogP) is 3.10. The zero-order valence-electron chi connectivity index (χ0n) is 18.4. The highest BCUT2D eigenvalue weighted by atomic mass is 32.1. The van der Waals surface area contributed by atoms with Crippen LogP contribution in [-0.2, 0) is 9.53 Å². The van der Waals surface area contributed by atoms with E-state index in [2.05, 4.69) is 4.99 Å². The zero-order chi connectivity index (χ0) is 22.8. The van der Waals surface area contributed by atoms with E-state index in [1.807, 2.05) is 50.2 Å². The number of aryl methyl sites for hydroxylation is 1. The maximum absolute atomic E-state index is 13.5. The molecule has 0 radical (unpaired) electrons. The van der Waals surface area contributed by atoms with Crippen molar-refractivity contribution in [1.29, 1.82) is 0 Å². The Morgan fingerprint density at radius 1 is 1.25 bits per heavy atom. The lowest BCUT2D eigenvalue weighted by molar-refractivity contribution is -0.136. The zero-order valence-corrected chi connectivity index (χ0v) is 19.2. The number of thiazole rings is 1. The molecule has 0 fully saturated rings. The number of nitrogens with zero attached hydrogens (tertiary/aromatic N) is 2. The van der Waals surface area contributed by atoms with Gasteiger partial charge in [-0.15, -0.1) is 0 Å². The molecule has 32 heavy (non-hydrogen) atoms. The summed E-state index contributed by atoms with van der Waals surface area (Å²) >= 11 is 1.25. The summed E-state index contributed by atoms with van der Waals surface area (Å²) in [4.78, 5) is 31.4. The minimum atomic E-state index is -0.716. The number of hydrogen-bond donors (Lipinski definition) is 0. The minimum Gasteiger partial charge on any atom is -0.493 e. The van der Waals surface area contributed by atoms with E-state index >= 15 is 0 Å². The maximum Gasteiger partial charge on any atom is 0.338 e. The van der Waals surface area contributed by atoms with Gasteiger partial charge < -0.3 is 13.9 Å². The predicted molar refractivity (Wildman–Crippen MR) is 121 cm³/mol. The summed E-state index contributed by atoms with van der Waals surface area (Å²) in [6.45, 7) is 6.14. The lowest BCUT2D eigenvalue weighted by Crippen LogP contribution is -2.40. The fourth-order valence-corrected chi connectivity index (χ4v) is 4.72. The molecular formula is C24H24N2O5S. The first kappa shape index (κ1) is 21.8. The van der Waals surface area contributed by atoms with Gasteiger partial charge in [0.2, 0.25) is 0 Å². The van der Waals surface area contributed by atoms with Gasteiger partial charge in [-0.05, 0) is 38.5 Å². The van der Waals surface area contributed by atoms with Gasteiger partial charge >= 0.3 is 5.97 Å². The number of aromatic nitrogens is 1. The van der Waals surface area contributed by atoms with Crippen molar-refractivity contribution in [3.63, 3.8) is 0 Å². The number of hydrogen-bond acceptors (Lipinski definition) is 7. The topological polar surface area (TPSA) is 83.0 Å². The Bertz CT molecular complexity index is 1380. The smallest absolute Gasteiger partial charge is 0.338 e. The third-order valence-electron chi connectivity index (χ3n) is 5.14. The monoisotopic (exact) mass is 452 g/mol. The second kappa shape index (κ2) is 9.00. The average molecular weight is 453 g/mol. The average Bonchev–Trinajstić information content (AvgIpc) is 3.33. The summed E-state index contributed by atoms with van der Waals surface area (Å²) in [5.74, 6) is 1.43. The molecule has 1 aromatic carbocycles. The van der Waals surface area contributed by atoms with Crippen LogP contribution in [0.15, 0.2) is 61.9 Å². The molecule has 0 unspecified atom stereocenters. The van der Waals surface area contributed by atoms with E-state index in [0.29, 0.717) is 44.3 Å². The second-order valence-electron chi connectivity index (χ2n) is 7.41. The highest BCUT2D eigenvalue weighted by Gasteiger charge is 2.34. The SMILES string of the molecule is CCCOc1ccccc1[C@H]1C(C(=O)OC)=C(C)N=c2s/c(=C\c3ccc(C)o3)c(=O)n21. The van der Waals surface area contributed by atoms with Gasteiger partial charge in [0.05, 0.1) is 29.5 Å². The molecule has 1 aliphatic rings. The van der Waals surface area contributed by atoms with Gasteiger partial charge in [0.1, 0.15) is 23.3 Å². The number of benzene rings is 1.